The molecule has 0 saturated carbocycles. The van der Waals surface area contributed by atoms with Crippen LogP contribution in [-0.2, 0) is 9.53 Å². The lowest BCUT2D eigenvalue weighted by Crippen LogP contribution is -2.35. The first-order valence-electron chi connectivity index (χ1n) is 7.25. The number of ether oxygens (including phenoxy) is 1. The summed E-state index contributed by atoms with van der Waals surface area (Å²) in [6.07, 6.45) is 7.15. The Morgan fingerprint density at radius 1 is 1.65 bits per heavy atom. The third-order valence-corrected chi connectivity index (χ3v) is 3.77. The number of methoxy groups -OCH3 is 1. The Labute approximate surface area is 119 Å². The first-order valence-corrected chi connectivity index (χ1v) is 7.25. The number of piperidine rings is 1. The van der Waals surface area contributed by atoms with Crippen molar-refractivity contribution >= 4 is 5.91 Å². The van der Waals surface area contributed by atoms with Crippen LogP contribution in [0.5, 0.6) is 0 Å². The number of aromatic nitrogens is 2. The molecule has 112 valence electrons. The van der Waals surface area contributed by atoms with E-state index < -0.39 is 0 Å². The fourth-order valence-electron chi connectivity index (χ4n) is 2.56. The van der Waals surface area contributed by atoms with Gasteiger partial charge in [-0.25, -0.2) is 4.98 Å². The lowest BCUT2D eigenvalue weighted by molar-refractivity contribution is -0.124. The summed E-state index contributed by atoms with van der Waals surface area (Å²) < 4.78 is 6.90. The Morgan fingerprint density at radius 3 is 3.20 bits per heavy atom. The van der Waals surface area contributed by atoms with E-state index in [2.05, 4.69) is 15.6 Å². The summed E-state index contributed by atoms with van der Waals surface area (Å²) in [4.78, 5) is 16.3. The molecule has 2 N–H and O–H groups in total. The molecule has 1 aromatic rings. The zero-order valence-electron chi connectivity index (χ0n) is 12.3. The minimum atomic E-state index is -0.256. The zero-order valence-corrected chi connectivity index (χ0v) is 12.3. The van der Waals surface area contributed by atoms with Crippen LogP contribution >= 0.6 is 0 Å². The molecule has 1 amide bonds. The summed E-state index contributed by atoms with van der Waals surface area (Å²) in [7, 11) is 1.62. The zero-order chi connectivity index (χ0) is 14.4. The molecular weight excluding hydrogens is 256 g/mol. The Morgan fingerprint density at radius 2 is 2.50 bits per heavy atom. The third kappa shape index (κ3) is 3.58. The molecule has 2 heterocycles. The number of imidazole rings is 1. The van der Waals surface area contributed by atoms with Gasteiger partial charge < -0.3 is 19.9 Å². The SMILES string of the molecule is COCCNC(=O)C(C)n1cncc1C1CCCCN1. The number of rotatable bonds is 6. The number of nitrogens with zero attached hydrogens (tertiary/aromatic N) is 2. The quantitative estimate of drug-likeness (QED) is 0.764. The Kier molecular flexibility index (Phi) is 5.55. The molecule has 6 heteroatoms. The highest BCUT2D eigenvalue weighted by molar-refractivity contribution is 5.79. The van der Waals surface area contributed by atoms with E-state index in [4.69, 9.17) is 4.74 Å². The predicted octanol–water partition coefficient (Wildman–Crippen LogP) is 1.02. The standard InChI is InChI=1S/C14H24N4O2/c1-11(14(19)17-7-8-20-2)18-10-15-9-13(18)12-5-3-4-6-16-12/h9-12,16H,3-8H2,1-2H3,(H,17,19). The number of amides is 1. The minimum absolute atomic E-state index is 0.00268. The fourth-order valence-corrected chi connectivity index (χ4v) is 2.56. The van der Waals surface area contributed by atoms with Crippen molar-refractivity contribution in [2.45, 2.75) is 38.3 Å². The molecule has 2 unspecified atom stereocenters. The van der Waals surface area contributed by atoms with E-state index in [1.807, 2.05) is 17.7 Å². The van der Waals surface area contributed by atoms with Gasteiger partial charge in [-0.3, -0.25) is 4.79 Å². The largest absolute Gasteiger partial charge is 0.383 e. The molecule has 1 saturated heterocycles. The molecule has 1 fully saturated rings. The van der Waals surface area contributed by atoms with Gasteiger partial charge in [0.15, 0.2) is 0 Å². The summed E-state index contributed by atoms with van der Waals surface area (Å²) in [6, 6.07) is 0.0496. The maximum atomic E-state index is 12.1. The summed E-state index contributed by atoms with van der Waals surface area (Å²) in [5, 5.41) is 6.36. The van der Waals surface area contributed by atoms with E-state index in [0.29, 0.717) is 19.2 Å². The van der Waals surface area contributed by atoms with Crippen LogP contribution in [0.2, 0.25) is 0 Å². The molecule has 0 aliphatic carbocycles. The number of nitrogens with one attached hydrogen (secondary N) is 2. The van der Waals surface area contributed by atoms with Crippen LogP contribution in [0.1, 0.15) is 44.0 Å². The van der Waals surface area contributed by atoms with Crippen LogP contribution in [0.4, 0.5) is 0 Å². The molecule has 0 radical (unpaired) electrons. The molecule has 1 aliphatic heterocycles. The summed E-state index contributed by atoms with van der Waals surface area (Å²) in [5.41, 5.74) is 1.10. The van der Waals surface area contributed by atoms with Gasteiger partial charge in [0.2, 0.25) is 5.91 Å². The van der Waals surface area contributed by atoms with Gasteiger partial charge in [-0.1, -0.05) is 6.42 Å². The predicted molar refractivity (Wildman–Crippen MR) is 76.4 cm³/mol. The van der Waals surface area contributed by atoms with Crippen molar-refractivity contribution in [1.82, 2.24) is 20.2 Å². The Balaban J connectivity index is 2.00. The average Bonchev–Trinajstić information content (AvgIpc) is 2.97. The second-order valence-electron chi connectivity index (χ2n) is 5.19. The molecule has 0 aromatic carbocycles. The molecule has 2 rings (SSSR count). The van der Waals surface area contributed by atoms with Crippen LogP contribution in [0.3, 0.4) is 0 Å². The monoisotopic (exact) mass is 280 g/mol. The van der Waals surface area contributed by atoms with Crippen molar-refractivity contribution in [2.24, 2.45) is 0 Å². The second kappa shape index (κ2) is 7.40. The average molecular weight is 280 g/mol. The normalized spacial score (nSPS) is 20.6. The van der Waals surface area contributed by atoms with Gasteiger partial charge in [-0.05, 0) is 26.3 Å². The van der Waals surface area contributed by atoms with E-state index in [0.717, 1.165) is 18.7 Å². The van der Waals surface area contributed by atoms with Gasteiger partial charge in [0, 0.05) is 25.9 Å². The van der Waals surface area contributed by atoms with Gasteiger partial charge in [0.05, 0.1) is 18.6 Å². The molecule has 1 aromatic heterocycles. The highest BCUT2D eigenvalue weighted by Crippen LogP contribution is 2.24. The highest BCUT2D eigenvalue weighted by atomic mass is 16.5. The van der Waals surface area contributed by atoms with Gasteiger partial charge in [-0.15, -0.1) is 0 Å². The fraction of sp³-hybridized carbons (Fsp3) is 0.714. The third-order valence-electron chi connectivity index (χ3n) is 3.77. The second-order valence-corrected chi connectivity index (χ2v) is 5.19. The van der Waals surface area contributed by atoms with Crippen molar-refractivity contribution in [3.8, 4) is 0 Å². The lowest BCUT2D eigenvalue weighted by Gasteiger charge is -2.26. The number of carbonyl (C=O) groups is 1. The van der Waals surface area contributed by atoms with Crippen LogP contribution in [0.25, 0.3) is 0 Å². The maximum Gasteiger partial charge on any atom is 0.242 e. The van der Waals surface area contributed by atoms with E-state index in [1.165, 1.54) is 12.8 Å². The Hall–Kier alpha value is -1.40. The highest BCUT2D eigenvalue weighted by Gasteiger charge is 2.23. The number of hydrogen-bond acceptors (Lipinski definition) is 4. The van der Waals surface area contributed by atoms with Gasteiger partial charge >= 0.3 is 0 Å². The summed E-state index contributed by atoms with van der Waals surface area (Å²) in [6.45, 7) is 3.99. The van der Waals surface area contributed by atoms with E-state index >= 15 is 0 Å². The first kappa shape index (κ1) is 15.0. The van der Waals surface area contributed by atoms with Crippen LogP contribution in [-0.4, -0.2) is 42.3 Å². The number of carbonyl (C=O) groups excluding carboxylic acids is 1. The van der Waals surface area contributed by atoms with E-state index in [1.54, 1.807) is 13.4 Å². The molecule has 2 atom stereocenters. The Bertz CT molecular complexity index is 427. The van der Waals surface area contributed by atoms with Gasteiger partial charge in [0.1, 0.15) is 6.04 Å². The van der Waals surface area contributed by atoms with Crippen molar-refractivity contribution < 1.29 is 9.53 Å². The van der Waals surface area contributed by atoms with E-state index in [9.17, 15) is 4.79 Å². The van der Waals surface area contributed by atoms with Gasteiger partial charge in [0.25, 0.3) is 0 Å². The van der Waals surface area contributed by atoms with E-state index in [-0.39, 0.29) is 11.9 Å². The molecule has 20 heavy (non-hydrogen) atoms. The van der Waals surface area contributed by atoms with Crippen molar-refractivity contribution in [1.29, 1.82) is 0 Å². The lowest BCUT2D eigenvalue weighted by atomic mass is 10.0. The van der Waals surface area contributed by atoms with Crippen LogP contribution in [0.15, 0.2) is 12.5 Å². The minimum Gasteiger partial charge on any atom is -0.383 e. The molecule has 1 aliphatic rings. The van der Waals surface area contributed by atoms with Crippen LogP contribution in [0, 0.1) is 0 Å². The molecule has 0 bridgehead atoms. The summed E-state index contributed by atoms with van der Waals surface area (Å²) in [5.74, 6) is -0.00268. The number of hydrogen-bond donors (Lipinski definition) is 2. The first-order chi connectivity index (χ1) is 9.74. The van der Waals surface area contributed by atoms with Crippen molar-refractivity contribution in [3.05, 3.63) is 18.2 Å². The molecular formula is C14H24N4O2. The summed E-state index contributed by atoms with van der Waals surface area (Å²) >= 11 is 0. The van der Waals surface area contributed by atoms with Gasteiger partial charge in [-0.2, -0.15) is 0 Å². The van der Waals surface area contributed by atoms with Crippen molar-refractivity contribution in [3.63, 3.8) is 0 Å². The molecule has 6 nitrogen and oxygen atoms in total. The topological polar surface area (TPSA) is 68.2 Å². The molecule has 0 spiro atoms. The maximum absolute atomic E-state index is 12.1. The smallest absolute Gasteiger partial charge is 0.242 e. The van der Waals surface area contributed by atoms with Crippen molar-refractivity contribution in [2.75, 3.05) is 26.8 Å². The van der Waals surface area contributed by atoms with Crippen LogP contribution < -0.4 is 10.6 Å².